The van der Waals surface area contributed by atoms with Crippen LogP contribution in [-0.2, 0) is 9.59 Å². The summed E-state index contributed by atoms with van der Waals surface area (Å²) in [6.07, 6.45) is 1.84. The molecule has 1 heterocycles. The Labute approximate surface area is 131 Å². The summed E-state index contributed by atoms with van der Waals surface area (Å²) in [7, 11) is 0. The van der Waals surface area contributed by atoms with Gasteiger partial charge in [0.25, 0.3) is 5.69 Å². The Hall–Kier alpha value is -2.21. The lowest BCUT2D eigenvalue weighted by molar-refractivity contribution is -0.384. The highest BCUT2D eigenvalue weighted by molar-refractivity contribution is 6.31. The monoisotopic (exact) mass is 320 g/mol. The molecule has 1 aliphatic carbocycles. The van der Waals surface area contributed by atoms with E-state index in [4.69, 9.17) is 11.6 Å². The zero-order valence-electron chi connectivity index (χ0n) is 11.6. The first-order valence-electron chi connectivity index (χ1n) is 6.97. The maximum atomic E-state index is 12.3. The molecule has 0 saturated heterocycles. The SMILES string of the molecule is O=C1CC(c2cc([N+](=O)[O-])ccc2Cl)C2=C(CCCC2=O)N1. The van der Waals surface area contributed by atoms with Gasteiger partial charge in [0.2, 0.25) is 5.91 Å². The van der Waals surface area contributed by atoms with Crippen LogP contribution in [-0.4, -0.2) is 16.6 Å². The van der Waals surface area contributed by atoms with Crippen LogP contribution in [0, 0.1) is 10.1 Å². The highest BCUT2D eigenvalue weighted by atomic mass is 35.5. The van der Waals surface area contributed by atoms with Crippen molar-refractivity contribution in [1.29, 1.82) is 0 Å². The van der Waals surface area contributed by atoms with E-state index in [9.17, 15) is 19.7 Å². The Morgan fingerprint density at radius 3 is 2.77 bits per heavy atom. The van der Waals surface area contributed by atoms with Gasteiger partial charge in [-0.25, -0.2) is 0 Å². The second kappa shape index (κ2) is 5.53. The summed E-state index contributed by atoms with van der Waals surface area (Å²) in [6, 6.07) is 4.11. The lowest BCUT2D eigenvalue weighted by atomic mass is 9.78. The lowest BCUT2D eigenvalue weighted by Crippen LogP contribution is -2.36. The topological polar surface area (TPSA) is 89.3 Å². The molecule has 22 heavy (non-hydrogen) atoms. The number of Topliss-reactive ketones (excluding diaryl/α,β-unsaturated/α-hetero) is 1. The quantitative estimate of drug-likeness (QED) is 0.670. The van der Waals surface area contributed by atoms with E-state index in [0.29, 0.717) is 41.1 Å². The summed E-state index contributed by atoms with van der Waals surface area (Å²) in [5, 5.41) is 14.0. The van der Waals surface area contributed by atoms with Gasteiger partial charge in [-0.3, -0.25) is 19.7 Å². The molecule has 6 nitrogen and oxygen atoms in total. The highest BCUT2D eigenvalue weighted by Crippen LogP contribution is 2.41. The van der Waals surface area contributed by atoms with Crippen molar-refractivity contribution < 1.29 is 14.5 Å². The first-order valence-corrected chi connectivity index (χ1v) is 7.35. The van der Waals surface area contributed by atoms with Gasteiger partial charge in [-0.1, -0.05) is 11.6 Å². The van der Waals surface area contributed by atoms with Crippen LogP contribution in [0.2, 0.25) is 5.02 Å². The number of hydrogen-bond donors (Lipinski definition) is 1. The molecule has 7 heteroatoms. The molecule has 114 valence electrons. The smallest absolute Gasteiger partial charge is 0.269 e. The van der Waals surface area contributed by atoms with E-state index in [-0.39, 0.29) is 23.8 Å². The predicted octanol–water partition coefficient (Wildman–Crippen LogP) is 2.86. The average Bonchev–Trinajstić information content (AvgIpc) is 2.46. The lowest BCUT2D eigenvalue weighted by Gasteiger charge is -2.31. The van der Waals surface area contributed by atoms with E-state index in [1.165, 1.54) is 18.2 Å². The third-order valence-electron chi connectivity index (χ3n) is 4.05. The molecule has 0 spiro atoms. The van der Waals surface area contributed by atoms with E-state index in [0.717, 1.165) is 0 Å². The third-order valence-corrected chi connectivity index (χ3v) is 4.39. The fourth-order valence-electron chi connectivity index (χ4n) is 3.08. The Morgan fingerprint density at radius 2 is 2.05 bits per heavy atom. The molecule has 0 saturated carbocycles. The van der Waals surface area contributed by atoms with E-state index >= 15 is 0 Å². The summed E-state index contributed by atoms with van der Waals surface area (Å²) < 4.78 is 0. The Kier molecular flexibility index (Phi) is 3.70. The van der Waals surface area contributed by atoms with Gasteiger partial charge in [0.05, 0.1) is 4.92 Å². The first-order chi connectivity index (χ1) is 10.5. The molecule has 1 amide bonds. The van der Waals surface area contributed by atoms with Crippen molar-refractivity contribution in [1.82, 2.24) is 5.32 Å². The van der Waals surface area contributed by atoms with Crippen LogP contribution < -0.4 is 5.32 Å². The Balaban J connectivity index is 2.13. The molecule has 0 radical (unpaired) electrons. The van der Waals surface area contributed by atoms with Gasteiger partial charge in [0, 0.05) is 47.2 Å². The molecule has 0 aromatic heterocycles. The summed E-state index contributed by atoms with van der Waals surface area (Å²) in [5.74, 6) is -0.723. The van der Waals surface area contributed by atoms with Crippen molar-refractivity contribution in [3.63, 3.8) is 0 Å². The van der Waals surface area contributed by atoms with Gasteiger partial charge in [-0.2, -0.15) is 0 Å². The number of benzene rings is 1. The van der Waals surface area contributed by atoms with Gasteiger partial charge < -0.3 is 5.32 Å². The van der Waals surface area contributed by atoms with Crippen molar-refractivity contribution in [2.45, 2.75) is 31.6 Å². The van der Waals surface area contributed by atoms with Crippen LogP contribution in [0.1, 0.15) is 37.2 Å². The molecule has 1 aromatic rings. The Morgan fingerprint density at radius 1 is 1.27 bits per heavy atom. The van der Waals surface area contributed by atoms with Gasteiger partial charge in [0.15, 0.2) is 5.78 Å². The normalized spacial score (nSPS) is 21.4. The van der Waals surface area contributed by atoms with Crippen LogP contribution in [0.15, 0.2) is 29.5 Å². The number of ketones is 1. The molecule has 1 N–H and O–H groups in total. The van der Waals surface area contributed by atoms with Crippen molar-refractivity contribution in [3.05, 3.63) is 50.2 Å². The molecule has 1 aromatic carbocycles. The van der Waals surface area contributed by atoms with Crippen molar-refractivity contribution in [2.24, 2.45) is 0 Å². The minimum absolute atomic E-state index is 0.0196. The van der Waals surface area contributed by atoms with Crippen LogP contribution in [0.3, 0.4) is 0 Å². The molecule has 2 aliphatic rings. The second-order valence-electron chi connectivity index (χ2n) is 5.44. The van der Waals surface area contributed by atoms with Crippen LogP contribution >= 0.6 is 11.6 Å². The van der Waals surface area contributed by atoms with Gasteiger partial charge >= 0.3 is 0 Å². The molecule has 1 unspecified atom stereocenters. The van der Waals surface area contributed by atoms with E-state index in [1.807, 2.05) is 0 Å². The van der Waals surface area contributed by atoms with Gasteiger partial charge in [-0.05, 0) is 24.5 Å². The number of halogens is 1. The van der Waals surface area contributed by atoms with E-state index in [2.05, 4.69) is 5.32 Å². The number of carbonyl (C=O) groups excluding carboxylic acids is 2. The molecule has 0 bridgehead atoms. The largest absolute Gasteiger partial charge is 0.329 e. The first kappa shape index (κ1) is 14.7. The number of rotatable bonds is 2. The number of nitro benzene ring substituents is 1. The van der Waals surface area contributed by atoms with E-state index < -0.39 is 10.8 Å². The molecule has 1 aliphatic heterocycles. The van der Waals surface area contributed by atoms with Crippen LogP contribution in [0.25, 0.3) is 0 Å². The number of non-ortho nitro benzene ring substituents is 1. The molecular formula is C15H13ClN2O4. The zero-order valence-corrected chi connectivity index (χ0v) is 12.4. The summed E-state index contributed by atoms with van der Waals surface area (Å²) >= 11 is 6.17. The summed E-state index contributed by atoms with van der Waals surface area (Å²) in [5.41, 5.74) is 1.55. The van der Waals surface area contributed by atoms with Gasteiger partial charge in [-0.15, -0.1) is 0 Å². The van der Waals surface area contributed by atoms with Crippen molar-refractivity contribution in [2.75, 3.05) is 0 Å². The maximum absolute atomic E-state index is 12.3. The number of carbonyl (C=O) groups is 2. The number of amides is 1. The van der Waals surface area contributed by atoms with Gasteiger partial charge in [0.1, 0.15) is 0 Å². The third kappa shape index (κ3) is 2.50. The summed E-state index contributed by atoms with van der Waals surface area (Å²) in [6.45, 7) is 0. The molecule has 1 atom stereocenters. The highest BCUT2D eigenvalue weighted by Gasteiger charge is 2.36. The molecule has 3 rings (SSSR count). The zero-order chi connectivity index (χ0) is 15.9. The van der Waals surface area contributed by atoms with Crippen molar-refractivity contribution in [3.8, 4) is 0 Å². The number of hydrogen-bond acceptors (Lipinski definition) is 4. The Bertz CT molecular complexity index is 726. The minimum atomic E-state index is -0.513. The fourth-order valence-corrected chi connectivity index (χ4v) is 3.33. The minimum Gasteiger partial charge on any atom is -0.329 e. The number of nitrogens with one attached hydrogen (secondary N) is 1. The molecule has 0 fully saturated rings. The van der Waals surface area contributed by atoms with Crippen molar-refractivity contribution >= 4 is 29.0 Å². The maximum Gasteiger partial charge on any atom is 0.269 e. The summed E-state index contributed by atoms with van der Waals surface area (Å²) in [4.78, 5) is 34.6. The van der Waals surface area contributed by atoms with E-state index in [1.54, 1.807) is 0 Å². The molecular weight excluding hydrogens is 308 g/mol. The number of nitrogens with zero attached hydrogens (tertiary/aromatic N) is 1. The second-order valence-corrected chi connectivity index (χ2v) is 5.84. The number of allylic oxidation sites excluding steroid dienone is 2. The van der Waals surface area contributed by atoms with Crippen LogP contribution in [0.5, 0.6) is 0 Å². The fraction of sp³-hybridized carbons (Fsp3) is 0.333. The average molecular weight is 321 g/mol. The standard InChI is InChI=1S/C15H13ClN2O4/c16-11-5-4-8(18(21)22)6-9(11)10-7-14(20)17-12-2-1-3-13(19)15(10)12/h4-6,10H,1-3,7H2,(H,17,20). The number of nitro groups is 1. The predicted molar refractivity (Wildman–Crippen MR) is 79.5 cm³/mol. The van der Waals surface area contributed by atoms with Crippen LogP contribution in [0.4, 0.5) is 5.69 Å².